The summed E-state index contributed by atoms with van der Waals surface area (Å²) in [6, 6.07) is 0. The van der Waals surface area contributed by atoms with Crippen LogP contribution in [0.25, 0.3) is 0 Å². The Kier molecular flexibility index (Phi) is 3.70. The molecule has 0 bridgehead atoms. The molecule has 2 rings (SSSR count). The second kappa shape index (κ2) is 4.85. The van der Waals surface area contributed by atoms with Gasteiger partial charge in [-0.3, -0.25) is 9.49 Å². The van der Waals surface area contributed by atoms with Crippen LogP contribution in [-0.2, 0) is 0 Å². The van der Waals surface area contributed by atoms with Crippen molar-refractivity contribution in [1.82, 2.24) is 10.0 Å². The quantitative estimate of drug-likeness (QED) is 0.679. The number of hydrazine groups is 1. The van der Waals surface area contributed by atoms with Crippen LogP contribution in [0.1, 0.15) is 41.5 Å². The second-order valence-electron chi connectivity index (χ2n) is 7.63. The Labute approximate surface area is 136 Å². The van der Waals surface area contributed by atoms with Crippen LogP contribution < -0.4 is 10.8 Å². The fourth-order valence-corrected chi connectivity index (χ4v) is 4.40. The lowest BCUT2D eigenvalue weighted by molar-refractivity contribution is -0.948. The third-order valence-electron chi connectivity index (χ3n) is 5.34. The maximum Gasteiger partial charge on any atom is 0.428 e. The highest BCUT2D eigenvalue weighted by Gasteiger charge is 2.66. The molecule has 130 valence electrons. The minimum absolute atomic E-state index is 0.135. The van der Waals surface area contributed by atoms with Gasteiger partial charge in [-0.15, -0.1) is 0 Å². The number of likely N-dealkylation sites (N-methyl/N-ethyl adjacent to an activating group) is 1. The van der Waals surface area contributed by atoms with Crippen LogP contribution in [0, 0.1) is 0 Å². The summed E-state index contributed by atoms with van der Waals surface area (Å²) in [4.78, 5) is 23.7. The number of hydrogen-bond donors (Lipinski definition) is 2. The van der Waals surface area contributed by atoms with Crippen LogP contribution >= 0.6 is 0 Å². The predicted octanol–water partition coefficient (Wildman–Crippen LogP) is 0.507. The summed E-state index contributed by atoms with van der Waals surface area (Å²) in [5.41, 5.74) is 5.96. The summed E-state index contributed by atoms with van der Waals surface area (Å²) in [5, 5.41) is 24.3. The zero-order valence-corrected chi connectivity index (χ0v) is 14.6. The molecule has 0 saturated heterocycles. The van der Waals surface area contributed by atoms with Crippen LogP contribution in [0.3, 0.4) is 0 Å². The first-order chi connectivity index (χ1) is 10.3. The minimum atomic E-state index is -1.18. The average Bonchev–Trinajstić information content (AvgIpc) is 2.79. The summed E-state index contributed by atoms with van der Waals surface area (Å²) < 4.78 is -0.317. The van der Waals surface area contributed by atoms with Crippen molar-refractivity contribution in [2.24, 2.45) is 5.73 Å². The maximum absolute atomic E-state index is 12.2. The van der Waals surface area contributed by atoms with E-state index in [1.165, 1.54) is 0 Å². The van der Waals surface area contributed by atoms with E-state index in [1.807, 2.05) is 41.5 Å². The molecule has 2 aliphatic rings. The van der Waals surface area contributed by atoms with Gasteiger partial charge in [-0.25, -0.2) is 4.79 Å². The number of quaternary nitrogens is 1. The molecule has 0 saturated carbocycles. The van der Waals surface area contributed by atoms with E-state index in [-0.39, 0.29) is 11.0 Å². The van der Waals surface area contributed by atoms with Crippen molar-refractivity contribution in [3.05, 3.63) is 11.3 Å². The summed E-state index contributed by atoms with van der Waals surface area (Å²) in [6.07, 6.45) is -3.20. The topological polar surface area (TPSA) is 110 Å². The van der Waals surface area contributed by atoms with Crippen LogP contribution in [-0.4, -0.2) is 62.1 Å². The van der Waals surface area contributed by atoms with Crippen molar-refractivity contribution in [2.45, 2.75) is 58.8 Å². The van der Waals surface area contributed by atoms with Crippen molar-refractivity contribution in [3.8, 4) is 0 Å². The van der Waals surface area contributed by atoms with Crippen molar-refractivity contribution in [2.75, 3.05) is 13.1 Å². The highest BCUT2D eigenvalue weighted by molar-refractivity contribution is 5.68. The third kappa shape index (κ3) is 1.91. The van der Waals surface area contributed by atoms with Gasteiger partial charge in [0.1, 0.15) is 23.9 Å². The molecule has 2 heterocycles. The lowest BCUT2D eigenvalue weighted by Gasteiger charge is -2.55. The van der Waals surface area contributed by atoms with E-state index >= 15 is 0 Å². The normalized spacial score (nSPS) is 30.0. The van der Waals surface area contributed by atoms with Gasteiger partial charge >= 0.3 is 6.09 Å². The third-order valence-corrected chi connectivity index (χ3v) is 5.34. The molecule has 23 heavy (non-hydrogen) atoms. The van der Waals surface area contributed by atoms with E-state index < -0.39 is 29.4 Å². The van der Waals surface area contributed by atoms with E-state index in [4.69, 9.17) is 5.73 Å². The van der Waals surface area contributed by atoms with Gasteiger partial charge in [0.05, 0.1) is 11.1 Å². The molecular formula is C15H26N4O4. The standard InChI is InChI=1S/C15H26N4O4/c1-7-17-10-9(11(16)18(17)12(20)21)8-19(13(22)23,14(2,3)4)15(10,5)6/h11H,7-8,16H2,1-6H3,(H-,20,21,22,23). The van der Waals surface area contributed by atoms with Crippen LogP contribution in [0.15, 0.2) is 11.3 Å². The molecule has 3 N–H and O–H groups in total. The van der Waals surface area contributed by atoms with Crippen molar-refractivity contribution < 1.29 is 24.3 Å². The first kappa shape index (κ1) is 17.6. The number of carboxylic acid groups (broad SMARTS) is 2. The first-order valence-corrected chi connectivity index (χ1v) is 7.73. The minimum Gasteiger partial charge on any atom is -0.498 e. The zero-order chi connectivity index (χ0) is 18.0. The molecule has 0 fully saturated rings. The molecule has 8 nitrogen and oxygen atoms in total. The molecule has 2 amide bonds. The molecule has 0 aromatic rings. The van der Waals surface area contributed by atoms with Gasteiger partial charge in [0.2, 0.25) is 0 Å². The van der Waals surface area contributed by atoms with E-state index in [9.17, 15) is 19.8 Å². The Hall–Kier alpha value is -1.80. The first-order valence-electron chi connectivity index (χ1n) is 7.73. The van der Waals surface area contributed by atoms with Gasteiger partial charge < -0.3 is 20.7 Å². The Bertz CT molecular complexity index is 593. The van der Waals surface area contributed by atoms with E-state index in [0.29, 0.717) is 17.8 Å². The summed E-state index contributed by atoms with van der Waals surface area (Å²) in [7, 11) is 0. The number of nitrogens with two attached hydrogens (primary N) is 1. The number of hydrogen-bond acceptors (Lipinski definition) is 5. The molecule has 0 aliphatic carbocycles. The van der Waals surface area contributed by atoms with Crippen molar-refractivity contribution >= 4 is 12.2 Å². The Morgan fingerprint density at radius 2 is 1.96 bits per heavy atom. The van der Waals surface area contributed by atoms with E-state index in [2.05, 4.69) is 0 Å². The van der Waals surface area contributed by atoms with E-state index in [1.54, 1.807) is 5.01 Å². The molecular weight excluding hydrogens is 300 g/mol. The number of carbonyl (C=O) groups is 2. The lowest BCUT2D eigenvalue weighted by Crippen LogP contribution is -2.76. The van der Waals surface area contributed by atoms with Gasteiger partial charge in [-0.05, 0) is 41.5 Å². The van der Waals surface area contributed by atoms with Gasteiger partial charge in [0.25, 0.3) is 6.09 Å². The Morgan fingerprint density at radius 1 is 1.43 bits per heavy atom. The maximum atomic E-state index is 12.2. The second-order valence-corrected chi connectivity index (χ2v) is 7.63. The molecule has 0 aromatic carbocycles. The van der Waals surface area contributed by atoms with Gasteiger partial charge in [0, 0.05) is 6.54 Å². The fraction of sp³-hybridized carbons (Fsp3) is 0.733. The largest absolute Gasteiger partial charge is 0.498 e. The van der Waals surface area contributed by atoms with Gasteiger partial charge in [0.15, 0.2) is 0 Å². The summed E-state index contributed by atoms with van der Waals surface area (Å²) in [6.45, 7) is 11.5. The molecule has 8 heteroatoms. The van der Waals surface area contributed by atoms with Crippen LogP contribution in [0.5, 0.6) is 0 Å². The molecule has 2 atom stereocenters. The summed E-state index contributed by atoms with van der Waals surface area (Å²) in [5.74, 6) is 0. The van der Waals surface area contributed by atoms with Gasteiger partial charge in [-0.1, -0.05) is 0 Å². The van der Waals surface area contributed by atoms with Gasteiger partial charge in [-0.2, -0.15) is 5.01 Å². The SMILES string of the molecule is CCN1C2=C(C[N+](C(=O)[O-])(C(C)(C)C)C2(C)C)C(N)N1C(=O)O. The van der Waals surface area contributed by atoms with Crippen molar-refractivity contribution in [1.29, 1.82) is 0 Å². The molecule has 0 spiro atoms. The zero-order valence-electron chi connectivity index (χ0n) is 14.6. The number of amides is 2. The predicted molar refractivity (Wildman–Crippen MR) is 81.6 cm³/mol. The Balaban J connectivity index is 2.65. The monoisotopic (exact) mass is 326 g/mol. The van der Waals surface area contributed by atoms with Crippen LogP contribution in [0.4, 0.5) is 9.59 Å². The molecule has 0 radical (unpaired) electrons. The molecule has 2 unspecified atom stereocenters. The molecule has 2 aliphatic heterocycles. The van der Waals surface area contributed by atoms with Crippen molar-refractivity contribution in [3.63, 3.8) is 0 Å². The lowest BCUT2D eigenvalue weighted by atomic mass is 9.90. The number of nitrogens with zero attached hydrogens (tertiary/aromatic N) is 3. The highest BCUT2D eigenvalue weighted by Crippen LogP contribution is 2.51. The van der Waals surface area contributed by atoms with Crippen LogP contribution in [0.2, 0.25) is 0 Å². The highest BCUT2D eigenvalue weighted by atomic mass is 16.4. The summed E-state index contributed by atoms with van der Waals surface area (Å²) >= 11 is 0. The smallest absolute Gasteiger partial charge is 0.428 e. The Morgan fingerprint density at radius 3 is 2.30 bits per heavy atom. The van der Waals surface area contributed by atoms with E-state index in [0.717, 1.165) is 5.01 Å². The number of carbonyl (C=O) groups excluding carboxylic acids is 1. The average molecular weight is 326 g/mol. The molecule has 0 aromatic heterocycles. The fourth-order valence-electron chi connectivity index (χ4n) is 4.40. The number of rotatable bonds is 1.